The van der Waals surface area contributed by atoms with E-state index < -0.39 is 0 Å². The van der Waals surface area contributed by atoms with Crippen LogP contribution < -0.4 is 14.8 Å². The van der Waals surface area contributed by atoms with Crippen molar-refractivity contribution in [3.8, 4) is 11.5 Å². The van der Waals surface area contributed by atoms with Crippen LogP contribution in [0.5, 0.6) is 11.5 Å². The van der Waals surface area contributed by atoms with E-state index in [2.05, 4.69) is 31.3 Å². The predicted octanol–water partition coefficient (Wildman–Crippen LogP) is 4.96. The maximum Gasteiger partial charge on any atom is 0.287 e. The molecule has 152 valence electrons. The van der Waals surface area contributed by atoms with E-state index in [1.807, 2.05) is 36.4 Å². The Labute approximate surface area is 171 Å². The van der Waals surface area contributed by atoms with Gasteiger partial charge in [0.2, 0.25) is 0 Å². The molecule has 2 aromatic carbocycles. The van der Waals surface area contributed by atoms with Gasteiger partial charge in [0.05, 0.1) is 7.11 Å². The highest BCUT2D eigenvalue weighted by atomic mass is 16.5. The summed E-state index contributed by atoms with van der Waals surface area (Å²) < 4.78 is 16.7. The molecule has 3 rings (SSSR count). The van der Waals surface area contributed by atoms with E-state index in [0.29, 0.717) is 24.6 Å². The van der Waals surface area contributed by atoms with Crippen molar-refractivity contribution < 1.29 is 18.7 Å². The summed E-state index contributed by atoms with van der Waals surface area (Å²) in [5, 5.41) is 2.87. The molecule has 0 aliphatic carbocycles. The first kappa shape index (κ1) is 20.5. The number of hydrogen-bond donors (Lipinski definition) is 1. The quantitative estimate of drug-likeness (QED) is 0.558. The highest BCUT2D eigenvalue weighted by Crippen LogP contribution is 2.20. The molecular weight excluding hydrogens is 366 g/mol. The fourth-order valence-electron chi connectivity index (χ4n) is 2.99. The standard InChI is InChI=1S/C24H27NO4/c1-17(2)18-8-10-20(11-9-18)28-16-21-12-13-23(29-21)24(26)25-15-14-19-6-4-5-7-22(19)27-3/h4-13,17H,14-16H2,1-3H3,(H,25,26). The Morgan fingerprint density at radius 1 is 1.03 bits per heavy atom. The minimum atomic E-state index is -0.243. The summed E-state index contributed by atoms with van der Waals surface area (Å²) in [6.45, 7) is 5.08. The Morgan fingerprint density at radius 3 is 2.52 bits per heavy atom. The molecule has 0 saturated carbocycles. The third kappa shape index (κ3) is 5.64. The van der Waals surface area contributed by atoms with Gasteiger partial charge < -0.3 is 19.2 Å². The molecule has 0 unspecified atom stereocenters. The van der Waals surface area contributed by atoms with Crippen LogP contribution in [0.25, 0.3) is 0 Å². The molecule has 3 aromatic rings. The lowest BCUT2D eigenvalue weighted by Gasteiger charge is -2.08. The monoisotopic (exact) mass is 393 g/mol. The van der Waals surface area contributed by atoms with Crippen molar-refractivity contribution in [3.05, 3.63) is 83.3 Å². The molecule has 1 aromatic heterocycles. The van der Waals surface area contributed by atoms with Crippen LogP contribution in [-0.4, -0.2) is 19.6 Å². The van der Waals surface area contributed by atoms with Crippen LogP contribution >= 0.6 is 0 Å². The molecule has 29 heavy (non-hydrogen) atoms. The van der Waals surface area contributed by atoms with Crippen LogP contribution in [0.3, 0.4) is 0 Å². The van der Waals surface area contributed by atoms with Crippen LogP contribution in [0.15, 0.2) is 65.1 Å². The largest absolute Gasteiger partial charge is 0.496 e. The van der Waals surface area contributed by atoms with Gasteiger partial charge >= 0.3 is 0 Å². The highest BCUT2D eigenvalue weighted by molar-refractivity contribution is 5.91. The van der Waals surface area contributed by atoms with Gasteiger partial charge in [-0.2, -0.15) is 0 Å². The summed E-state index contributed by atoms with van der Waals surface area (Å²) in [5.41, 5.74) is 2.31. The van der Waals surface area contributed by atoms with Crippen molar-refractivity contribution in [3.63, 3.8) is 0 Å². The number of benzene rings is 2. The minimum absolute atomic E-state index is 0.243. The van der Waals surface area contributed by atoms with E-state index in [9.17, 15) is 4.79 Å². The average molecular weight is 393 g/mol. The third-order valence-electron chi connectivity index (χ3n) is 4.69. The number of ether oxygens (including phenoxy) is 2. The first-order chi connectivity index (χ1) is 14.1. The van der Waals surface area contributed by atoms with Gasteiger partial charge in [0, 0.05) is 6.54 Å². The summed E-state index contributed by atoms with van der Waals surface area (Å²) in [5.74, 6) is 2.71. The van der Waals surface area contributed by atoms with E-state index in [1.54, 1.807) is 19.2 Å². The molecule has 0 fully saturated rings. The lowest BCUT2D eigenvalue weighted by atomic mass is 10.0. The molecule has 5 heteroatoms. The van der Waals surface area contributed by atoms with Crippen molar-refractivity contribution in [1.82, 2.24) is 5.32 Å². The zero-order chi connectivity index (χ0) is 20.6. The van der Waals surface area contributed by atoms with Crippen LogP contribution in [0, 0.1) is 0 Å². The molecular formula is C24H27NO4. The Balaban J connectivity index is 1.48. The van der Waals surface area contributed by atoms with Crippen molar-refractivity contribution in [2.24, 2.45) is 0 Å². The second-order valence-electron chi connectivity index (χ2n) is 7.10. The van der Waals surface area contributed by atoms with Gasteiger partial charge in [0.1, 0.15) is 23.9 Å². The molecule has 0 saturated heterocycles. The SMILES string of the molecule is COc1ccccc1CCNC(=O)c1ccc(COc2ccc(C(C)C)cc2)o1. The van der Waals surface area contributed by atoms with E-state index in [1.165, 1.54) is 5.56 Å². The lowest BCUT2D eigenvalue weighted by molar-refractivity contribution is 0.0922. The minimum Gasteiger partial charge on any atom is -0.496 e. The van der Waals surface area contributed by atoms with Gasteiger partial charge in [0.25, 0.3) is 5.91 Å². The van der Waals surface area contributed by atoms with Gasteiger partial charge in [0.15, 0.2) is 5.76 Å². The Kier molecular flexibility index (Phi) is 6.95. The van der Waals surface area contributed by atoms with Crippen molar-refractivity contribution >= 4 is 5.91 Å². The van der Waals surface area contributed by atoms with Crippen LogP contribution in [-0.2, 0) is 13.0 Å². The Bertz CT molecular complexity index is 928. The highest BCUT2D eigenvalue weighted by Gasteiger charge is 2.12. The second-order valence-corrected chi connectivity index (χ2v) is 7.10. The topological polar surface area (TPSA) is 60.7 Å². The fraction of sp³-hybridized carbons (Fsp3) is 0.292. The summed E-state index contributed by atoms with van der Waals surface area (Å²) >= 11 is 0. The molecule has 0 atom stereocenters. The number of carbonyl (C=O) groups is 1. The number of rotatable bonds is 9. The van der Waals surface area contributed by atoms with Crippen LogP contribution in [0.2, 0.25) is 0 Å². The molecule has 1 N–H and O–H groups in total. The number of para-hydroxylation sites is 1. The van der Waals surface area contributed by atoms with Gasteiger partial charge in [-0.15, -0.1) is 0 Å². The molecule has 0 bridgehead atoms. The van der Waals surface area contributed by atoms with Crippen molar-refractivity contribution in [1.29, 1.82) is 0 Å². The van der Waals surface area contributed by atoms with E-state index in [-0.39, 0.29) is 18.3 Å². The van der Waals surface area contributed by atoms with Crippen molar-refractivity contribution in [2.45, 2.75) is 32.8 Å². The van der Waals surface area contributed by atoms with E-state index >= 15 is 0 Å². The number of carbonyl (C=O) groups excluding carboxylic acids is 1. The first-order valence-corrected chi connectivity index (χ1v) is 9.78. The molecule has 0 aliphatic rings. The third-order valence-corrected chi connectivity index (χ3v) is 4.69. The predicted molar refractivity (Wildman–Crippen MR) is 113 cm³/mol. The summed E-state index contributed by atoms with van der Waals surface area (Å²) in [4.78, 5) is 12.3. The summed E-state index contributed by atoms with van der Waals surface area (Å²) in [6.07, 6.45) is 0.679. The Hall–Kier alpha value is -3.21. The lowest BCUT2D eigenvalue weighted by Crippen LogP contribution is -2.25. The first-order valence-electron chi connectivity index (χ1n) is 9.78. The molecule has 5 nitrogen and oxygen atoms in total. The fourth-order valence-corrected chi connectivity index (χ4v) is 2.99. The van der Waals surface area contributed by atoms with Gasteiger partial charge in [-0.25, -0.2) is 0 Å². The molecule has 0 radical (unpaired) electrons. The number of nitrogens with one attached hydrogen (secondary N) is 1. The molecule has 1 amide bonds. The Morgan fingerprint density at radius 2 is 1.79 bits per heavy atom. The average Bonchev–Trinajstić information content (AvgIpc) is 3.22. The number of hydrogen-bond acceptors (Lipinski definition) is 4. The molecule has 1 heterocycles. The second kappa shape index (κ2) is 9.82. The van der Waals surface area contributed by atoms with Gasteiger partial charge in [-0.3, -0.25) is 4.79 Å². The number of methoxy groups -OCH3 is 1. The van der Waals surface area contributed by atoms with Crippen molar-refractivity contribution in [2.75, 3.05) is 13.7 Å². The zero-order valence-electron chi connectivity index (χ0n) is 17.1. The van der Waals surface area contributed by atoms with E-state index in [4.69, 9.17) is 13.9 Å². The number of furan rings is 1. The van der Waals surface area contributed by atoms with E-state index in [0.717, 1.165) is 17.1 Å². The summed E-state index contributed by atoms with van der Waals surface area (Å²) in [7, 11) is 1.64. The maximum absolute atomic E-state index is 12.3. The molecule has 0 spiro atoms. The maximum atomic E-state index is 12.3. The zero-order valence-corrected chi connectivity index (χ0v) is 17.1. The normalized spacial score (nSPS) is 10.8. The van der Waals surface area contributed by atoms with Gasteiger partial charge in [-0.1, -0.05) is 44.2 Å². The summed E-state index contributed by atoms with van der Waals surface area (Å²) in [6, 6.07) is 19.2. The molecule has 0 aliphatic heterocycles. The van der Waals surface area contributed by atoms with Gasteiger partial charge in [-0.05, 0) is 53.8 Å². The number of amides is 1. The van der Waals surface area contributed by atoms with Crippen LogP contribution in [0.1, 0.15) is 47.2 Å². The smallest absolute Gasteiger partial charge is 0.287 e. The van der Waals surface area contributed by atoms with Crippen LogP contribution in [0.4, 0.5) is 0 Å².